The number of nitrogens with zero attached hydrogens (tertiary/aromatic N) is 2. The number of hydrogen-bond acceptors (Lipinski definition) is 4. The molecule has 0 aliphatic carbocycles. The Hall–Kier alpha value is -2.14. The van der Waals surface area contributed by atoms with E-state index in [-0.39, 0.29) is 42.0 Å². The third kappa shape index (κ3) is 2.15. The first-order valence-corrected chi connectivity index (χ1v) is 10.0. The molecule has 3 saturated heterocycles. The van der Waals surface area contributed by atoms with Gasteiger partial charge in [0.15, 0.2) is 6.23 Å². The van der Waals surface area contributed by atoms with Crippen molar-refractivity contribution in [2.75, 3.05) is 0 Å². The maximum atomic E-state index is 12.1. The lowest BCUT2D eigenvalue weighted by Crippen LogP contribution is -2.68. The predicted octanol–water partition coefficient (Wildman–Crippen LogP) is 3.21. The molecule has 0 saturated carbocycles. The molecule has 5 heteroatoms. The molecular weight excluding hydrogens is 340 g/mol. The number of aryl methyl sites for hydroxylation is 1. The van der Waals surface area contributed by atoms with Crippen molar-refractivity contribution in [1.29, 1.82) is 0 Å². The van der Waals surface area contributed by atoms with Gasteiger partial charge < -0.3 is 14.1 Å². The van der Waals surface area contributed by atoms with Crippen molar-refractivity contribution in [3.05, 3.63) is 35.5 Å². The second-order valence-electron chi connectivity index (χ2n) is 8.36. The fraction of sp³-hybridized carbons (Fsp3) is 0.545. The predicted molar refractivity (Wildman–Crippen MR) is 102 cm³/mol. The average Bonchev–Trinajstić information content (AvgIpc) is 2.94. The molecule has 6 rings (SSSR count). The Bertz CT molecular complexity index is 933. The minimum atomic E-state index is -0.232. The van der Waals surface area contributed by atoms with Crippen LogP contribution in [-0.2, 0) is 27.8 Å². The Balaban J connectivity index is 1.70. The van der Waals surface area contributed by atoms with Gasteiger partial charge in [-0.15, -0.1) is 0 Å². The second kappa shape index (κ2) is 5.93. The van der Waals surface area contributed by atoms with Crippen LogP contribution < -0.4 is 0 Å². The first-order valence-electron chi connectivity index (χ1n) is 10.0. The standard InChI is InChI=1S/C22H26N2O3/c1-4-13-15-9-20-21-16(14-7-5-6-8-18(14)23(21)3)10-19(17(15)11-25)24(20)22(13)27-12(2)26/h5-8,11,13,15,17,19-20,22H,4,9-10H2,1-3H3/t13-,15-,17-,19-,20-,22+/m0/s1. The number of carbonyl (C=O) groups excluding carboxylic acids is 2. The number of aromatic nitrogens is 1. The van der Waals surface area contributed by atoms with E-state index in [9.17, 15) is 9.59 Å². The summed E-state index contributed by atoms with van der Waals surface area (Å²) < 4.78 is 8.16. The van der Waals surface area contributed by atoms with E-state index in [2.05, 4.69) is 47.7 Å². The summed E-state index contributed by atoms with van der Waals surface area (Å²) in [5, 5.41) is 1.30. The van der Waals surface area contributed by atoms with E-state index in [1.165, 1.54) is 35.4 Å². The first-order chi connectivity index (χ1) is 13.1. The van der Waals surface area contributed by atoms with E-state index in [1.807, 2.05) is 0 Å². The summed E-state index contributed by atoms with van der Waals surface area (Å²) in [4.78, 5) is 26.3. The van der Waals surface area contributed by atoms with Gasteiger partial charge in [-0.1, -0.05) is 25.1 Å². The van der Waals surface area contributed by atoms with Crippen LogP contribution in [0.15, 0.2) is 24.3 Å². The Labute approximate surface area is 159 Å². The van der Waals surface area contributed by atoms with E-state index in [0.717, 1.165) is 19.3 Å². The highest BCUT2D eigenvalue weighted by atomic mass is 16.6. The van der Waals surface area contributed by atoms with Crippen LogP contribution in [0.5, 0.6) is 0 Å². The lowest BCUT2D eigenvalue weighted by atomic mass is 9.61. The van der Waals surface area contributed by atoms with Gasteiger partial charge in [-0.2, -0.15) is 0 Å². The van der Waals surface area contributed by atoms with Crippen LogP contribution in [0.2, 0.25) is 0 Å². The zero-order valence-electron chi connectivity index (χ0n) is 16.1. The third-order valence-corrected chi connectivity index (χ3v) is 7.29. The van der Waals surface area contributed by atoms with Gasteiger partial charge in [0.1, 0.15) is 6.29 Å². The zero-order chi connectivity index (χ0) is 18.9. The molecular formula is C22H26N2O3. The smallest absolute Gasteiger partial charge is 0.304 e. The molecule has 7 atom stereocenters. The van der Waals surface area contributed by atoms with Crippen LogP contribution in [0, 0.1) is 17.8 Å². The summed E-state index contributed by atoms with van der Waals surface area (Å²) in [7, 11) is 2.14. The van der Waals surface area contributed by atoms with Crippen LogP contribution in [-0.4, -0.2) is 34.0 Å². The number of aldehydes is 1. The SMILES string of the molecule is CC[C@H]1[C@@H]2C[C@H]3c4c(c5ccccc5n4C)C[C@@H]([C@H]2C=O)N3[C@@H]1OC(C)=O. The molecule has 142 valence electrons. The van der Waals surface area contributed by atoms with Crippen LogP contribution in [0.25, 0.3) is 10.9 Å². The molecule has 4 aliphatic rings. The van der Waals surface area contributed by atoms with E-state index in [0.29, 0.717) is 0 Å². The van der Waals surface area contributed by atoms with Crippen molar-refractivity contribution in [3.63, 3.8) is 0 Å². The van der Waals surface area contributed by atoms with E-state index in [1.54, 1.807) is 0 Å². The van der Waals surface area contributed by atoms with Gasteiger partial charge in [-0.3, -0.25) is 9.69 Å². The first kappa shape index (κ1) is 17.0. The molecule has 5 nitrogen and oxygen atoms in total. The van der Waals surface area contributed by atoms with Gasteiger partial charge in [0.2, 0.25) is 0 Å². The molecule has 3 fully saturated rings. The van der Waals surface area contributed by atoms with Crippen LogP contribution >= 0.6 is 0 Å². The topological polar surface area (TPSA) is 51.5 Å². The maximum Gasteiger partial charge on any atom is 0.304 e. The molecule has 1 aromatic carbocycles. The van der Waals surface area contributed by atoms with Gasteiger partial charge >= 0.3 is 5.97 Å². The van der Waals surface area contributed by atoms with Gasteiger partial charge in [0.05, 0.1) is 6.04 Å². The summed E-state index contributed by atoms with van der Waals surface area (Å²) in [6.45, 7) is 3.63. The Morgan fingerprint density at radius 3 is 2.81 bits per heavy atom. The summed E-state index contributed by atoms with van der Waals surface area (Å²) in [5.41, 5.74) is 3.96. The molecule has 4 aliphatic heterocycles. The van der Waals surface area contributed by atoms with E-state index in [4.69, 9.17) is 4.74 Å². The summed E-state index contributed by atoms with van der Waals surface area (Å²) in [6.07, 6.45) is 3.68. The minimum Gasteiger partial charge on any atom is -0.446 e. The highest BCUT2D eigenvalue weighted by molar-refractivity contribution is 5.86. The molecule has 27 heavy (non-hydrogen) atoms. The fourth-order valence-electron chi connectivity index (χ4n) is 6.36. The molecule has 1 aromatic heterocycles. The number of esters is 1. The van der Waals surface area contributed by atoms with Gasteiger partial charge in [-0.05, 0) is 36.8 Å². The zero-order valence-corrected chi connectivity index (χ0v) is 16.1. The maximum absolute atomic E-state index is 12.1. The van der Waals surface area contributed by atoms with E-state index >= 15 is 0 Å². The van der Waals surface area contributed by atoms with Crippen LogP contribution in [0.4, 0.5) is 0 Å². The lowest BCUT2D eigenvalue weighted by molar-refractivity contribution is -0.226. The number of hydrogen-bond donors (Lipinski definition) is 0. The number of carbonyl (C=O) groups is 2. The molecule has 5 heterocycles. The normalized spacial score (nSPS) is 36.5. The number of rotatable bonds is 3. The molecule has 1 unspecified atom stereocenters. The highest BCUT2D eigenvalue weighted by Crippen LogP contribution is 2.57. The Morgan fingerprint density at radius 2 is 2.11 bits per heavy atom. The molecule has 4 bridgehead atoms. The lowest BCUT2D eigenvalue weighted by Gasteiger charge is -2.62. The van der Waals surface area contributed by atoms with Crippen LogP contribution in [0.1, 0.15) is 44.0 Å². The average molecular weight is 366 g/mol. The summed E-state index contributed by atoms with van der Waals surface area (Å²) in [6, 6.07) is 8.86. The monoisotopic (exact) mass is 366 g/mol. The Kier molecular flexibility index (Phi) is 3.73. The van der Waals surface area contributed by atoms with Crippen molar-refractivity contribution in [2.45, 2.75) is 51.4 Å². The molecule has 0 radical (unpaired) electrons. The third-order valence-electron chi connectivity index (χ3n) is 7.29. The summed E-state index contributed by atoms with van der Waals surface area (Å²) >= 11 is 0. The van der Waals surface area contributed by atoms with Gasteiger partial charge in [0, 0.05) is 48.4 Å². The van der Waals surface area contributed by atoms with Crippen molar-refractivity contribution in [3.8, 4) is 0 Å². The summed E-state index contributed by atoms with van der Waals surface area (Å²) in [5.74, 6) is 0.296. The quantitative estimate of drug-likeness (QED) is 0.618. The van der Waals surface area contributed by atoms with Crippen molar-refractivity contribution < 1.29 is 14.3 Å². The van der Waals surface area contributed by atoms with Gasteiger partial charge in [-0.25, -0.2) is 0 Å². The number of fused-ring (bicyclic) bond motifs is 4. The molecule has 0 spiro atoms. The largest absolute Gasteiger partial charge is 0.446 e. The second-order valence-corrected chi connectivity index (χ2v) is 8.36. The minimum absolute atomic E-state index is 0.0186. The number of ether oxygens (including phenoxy) is 1. The number of benzene rings is 1. The van der Waals surface area contributed by atoms with Crippen molar-refractivity contribution in [2.24, 2.45) is 24.8 Å². The van der Waals surface area contributed by atoms with Gasteiger partial charge in [0.25, 0.3) is 0 Å². The number of piperidine rings is 3. The highest BCUT2D eigenvalue weighted by Gasteiger charge is 2.60. The molecule has 2 aromatic rings. The van der Waals surface area contributed by atoms with E-state index < -0.39 is 0 Å². The fourth-order valence-corrected chi connectivity index (χ4v) is 6.36. The molecule has 0 amide bonds. The molecule has 0 N–H and O–H groups in total. The Morgan fingerprint density at radius 1 is 1.33 bits per heavy atom. The number of para-hydroxylation sites is 1. The van der Waals surface area contributed by atoms with Crippen molar-refractivity contribution >= 4 is 23.2 Å². The van der Waals surface area contributed by atoms with Crippen LogP contribution in [0.3, 0.4) is 0 Å². The van der Waals surface area contributed by atoms with Crippen molar-refractivity contribution in [1.82, 2.24) is 9.47 Å².